The van der Waals surface area contributed by atoms with Crippen LogP contribution in [0.1, 0.15) is 39.3 Å². The third-order valence-corrected chi connectivity index (χ3v) is 4.82. The number of hydrogen-bond donors (Lipinski definition) is 1. The van der Waals surface area contributed by atoms with Gasteiger partial charge in [0.1, 0.15) is 0 Å². The maximum Gasteiger partial charge on any atom is 0.498 e. The Morgan fingerprint density at radius 3 is 2.30 bits per heavy atom. The third-order valence-electron chi connectivity index (χ3n) is 4.82. The number of nitrogens with zero attached hydrogens (tertiary/aromatic N) is 2. The monoisotopic (exact) mass is 314 g/mol. The lowest BCUT2D eigenvalue weighted by Gasteiger charge is -2.32. The summed E-state index contributed by atoms with van der Waals surface area (Å²) >= 11 is 0. The highest BCUT2D eigenvalue weighted by Crippen LogP contribution is 2.36. The lowest BCUT2D eigenvalue weighted by atomic mass is 9.82. The second-order valence-electron chi connectivity index (χ2n) is 6.95. The minimum absolute atomic E-state index is 0.0193. The van der Waals surface area contributed by atoms with Crippen molar-refractivity contribution in [2.45, 2.75) is 44.9 Å². The molecule has 2 heterocycles. The van der Waals surface area contributed by atoms with Crippen LogP contribution in [0.3, 0.4) is 0 Å². The van der Waals surface area contributed by atoms with E-state index in [4.69, 9.17) is 9.31 Å². The second-order valence-corrected chi connectivity index (χ2v) is 6.95. The summed E-state index contributed by atoms with van der Waals surface area (Å²) in [5.74, 6) is 0. The van der Waals surface area contributed by atoms with Crippen LogP contribution >= 0.6 is 0 Å². The highest BCUT2D eigenvalue weighted by molar-refractivity contribution is 6.62. The molecule has 2 aromatic rings. The van der Waals surface area contributed by atoms with Crippen molar-refractivity contribution in [3.05, 3.63) is 48.3 Å². The number of hydrogen-bond acceptors (Lipinski definition) is 4. The fraction of sp³-hybridized carbons (Fsp3) is 0.471. The van der Waals surface area contributed by atoms with Crippen molar-refractivity contribution in [1.29, 1.82) is 0 Å². The summed E-state index contributed by atoms with van der Waals surface area (Å²) in [7, 11) is -0.441. The molecule has 1 aromatic carbocycles. The van der Waals surface area contributed by atoms with E-state index in [0.29, 0.717) is 0 Å². The Morgan fingerprint density at radius 2 is 1.74 bits per heavy atom. The molecule has 6 heteroatoms. The molecule has 1 saturated heterocycles. The Bertz CT molecular complexity index is 653. The van der Waals surface area contributed by atoms with Crippen LogP contribution < -0.4 is 5.46 Å². The molecule has 0 aliphatic carbocycles. The van der Waals surface area contributed by atoms with Gasteiger partial charge in [-0.05, 0) is 33.3 Å². The van der Waals surface area contributed by atoms with E-state index in [-0.39, 0.29) is 23.9 Å². The third kappa shape index (κ3) is 2.94. The number of aliphatic hydroxyl groups excluding tert-OH is 1. The first-order valence-corrected chi connectivity index (χ1v) is 7.89. The van der Waals surface area contributed by atoms with Crippen molar-refractivity contribution < 1.29 is 14.4 Å². The predicted molar refractivity (Wildman–Crippen MR) is 89.6 cm³/mol. The smallest absolute Gasteiger partial charge is 0.399 e. The lowest BCUT2D eigenvalue weighted by Crippen LogP contribution is -2.41. The fourth-order valence-corrected chi connectivity index (χ4v) is 2.64. The van der Waals surface area contributed by atoms with Gasteiger partial charge in [0.2, 0.25) is 0 Å². The molecule has 1 aliphatic rings. The van der Waals surface area contributed by atoms with E-state index in [1.54, 1.807) is 10.9 Å². The summed E-state index contributed by atoms with van der Waals surface area (Å²) in [6.07, 6.45) is 3.63. The molecule has 23 heavy (non-hydrogen) atoms. The van der Waals surface area contributed by atoms with Gasteiger partial charge in [0.15, 0.2) is 0 Å². The number of benzene rings is 1. The van der Waals surface area contributed by atoms with Crippen LogP contribution in [0, 0.1) is 0 Å². The fourth-order valence-electron chi connectivity index (χ4n) is 2.64. The zero-order valence-corrected chi connectivity index (χ0v) is 14.1. The molecule has 0 radical (unpaired) electrons. The number of rotatable bonds is 4. The van der Waals surface area contributed by atoms with E-state index < -0.39 is 7.12 Å². The van der Waals surface area contributed by atoms with Crippen molar-refractivity contribution >= 4 is 12.6 Å². The van der Waals surface area contributed by atoms with E-state index in [1.807, 2.05) is 64.2 Å². The van der Waals surface area contributed by atoms with Gasteiger partial charge in [0, 0.05) is 17.9 Å². The maximum atomic E-state index is 9.75. The lowest BCUT2D eigenvalue weighted by molar-refractivity contribution is 0.00578. The summed E-state index contributed by atoms with van der Waals surface area (Å²) in [6.45, 7) is 8.08. The Kier molecular flexibility index (Phi) is 4.08. The van der Waals surface area contributed by atoms with Gasteiger partial charge in [-0.1, -0.05) is 30.3 Å². The molecule has 1 N–H and O–H groups in total. The molecule has 0 spiro atoms. The first kappa shape index (κ1) is 16.2. The molecular weight excluding hydrogens is 291 g/mol. The molecule has 1 fully saturated rings. The molecule has 0 amide bonds. The standard InChI is InChI=1S/C17H23BN2O3/c1-16(2)17(3,4)23-18(22-16)14-10-19-20(11-14)15(12-21)13-8-6-5-7-9-13/h5-11,15,21H,12H2,1-4H3. The van der Waals surface area contributed by atoms with E-state index in [9.17, 15) is 5.11 Å². The Hall–Kier alpha value is -1.63. The molecule has 5 nitrogen and oxygen atoms in total. The van der Waals surface area contributed by atoms with Gasteiger partial charge in [-0.2, -0.15) is 5.10 Å². The van der Waals surface area contributed by atoms with Crippen LogP contribution in [0.4, 0.5) is 0 Å². The van der Waals surface area contributed by atoms with Crippen molar-refractivity contribution in [3.63, 3.8) is 0 Å². The van der Waals surface area contributed by atoms with Gasteiger partial charge in [-0.15, -0.1) is 0 Å². The molecule has 0 saturated carbocycles. The number of aromatic nitrogens is 2. The molecule has 1 atom stereocenters. The SMILES string of the molecule is CC1(C)OB(c2cnn(C(CO)c3ccccc3)c2)OC1(C)C. The largest absolute Gasteiger partial charge is 0.498 e. The van der Waals surface area contributed by atoms with Gasteiger partial charge in [-0.25, -0.2) is 0 Å². The van der Waals surface area contributed by atoms with Gasteiger partial charge >= 0.3 is 7.12 Å². The topological polar surface area (TPSA) is 56.5 Å². The van der Waals surface area contributed by atoms with E-state index in [2.05, 4.69) is 5.10 Å². The molecule has 0 bridgehead atoms. The summed E-state index contributed by atoms with van der Waals surface area (Å²) in [5.41, 5.74) is 1.11. The predicted octanol–water partition coefficient (Wildman–Crippen LogP) is 1.76. The zero-order chi connectivity index (χ0) is 16.7. The Labute approximate surface area is 137 Å². The van der Waals surface area contributed by atoms with Crippen molar-refractivity contribution in [1.82, 2.24) is 9.78 Å². The molecule has 3 rings (SSSR count). The summed E-state index contributed by atoms with van der Waals surface area (Å²) in [4.78, 5) is 0. The van der Waals surface area contributed by atoms with E-state index in [0.717, 1.165) is 11.0 Å². The molecular formula is C17H23BN2O3. The quantitative estimate of drug-likeness (QED) is 0.874. The van der Waals surface area contributed by atoms with Crippen LogP contribution in [0.5, 0.6) is 0 Å². The van der Waals surface area contributed by atoms with E-state index in [1.165, 1.54) is 0 Å². The first-order valence-electron chi connectivity index (χ1n) is 7.89. The molecule has 122 valence electrons. The normalized spacial score (nSPS) is 20.7. The van der Waals surface area contributed by atoms with Crippen LogP contribution in [-0.4, -0.2) is 39.8 Å². The van der Waals surface area contributed by atoms with E-state index >= 15 is 0 Å². The van der Waals surface area contributed by atoms with Crippen molar-refractivity contribution in [3.8, 4) is 0 Å². The van der Waals surface area contributed by atoms with Crippen molar-refractivity contribution in [2.75, 3.05) is 6.61 Å². The van der Waals surface area contributed by atoms with Gasteiger partial charge in [0.25, 0.3) is 0 Å². The van der Waals surface area contributed by atoms with Crippen LogP contribution in [-0.2, 0) is 9.31 Å². The molecule has 1 aliphatic heterocycles. The van der Waals surface area contributed by atoms with Crippen molar-refractivity contribution in [2.24, 2.45) is 0 Å². The van der Waals surface area contributed by atoms with Crippen LogP contribution in [0.2, 0.25) is 0 Å². The summed E-state index contributed by atoms with van der Waals surface area (Å²) < 4.78 is 13.8. The zero-order valence-electron chi connectivity index (χ0n) is 14.1. The molecule has 1 aromatic heterocycles. The highest BCUT2D eigenvalue weighted by Gasteiger charge is 2.52. The summed E-state index contributed by atoms with van der Waals surface area (Å²) in [6, 6.07) is 9.62. The molecule has 1 unspecified atom stereocenters. The van der Waals surface area contributed by atoms with Gasteiger partial charge < -0.3 is 14.4 Å². The average molecular weight is 314 g/mol. The minimum Gasteiger partial charge on any atom is -0.399 e. The number of aliphatic hydroxyl groups is 1. The second kappa shape index (κ2) is 5.78. The maximum absolute atomic E-state index is 9.75. The summed E-state index contributed by atoms with van der Waals surface area (Å²) in [5, 5.41) is 14.2. The first-order chi connectivity index (χ1) is 10.8. The Balaban J connectivity index is 1.84. The highest BCUT2D eigenvalue weighted by atomic mass is 16.7. The van der Waals surface area contributed by atoms with Gasteiger partial charge in [0.05, 0.1) is 23.9 Å². The van der Waals surface area contributed by atoms with Gasteiger partial charge in [-0.3, -0.25) is 4.68 Å². The Morgan fingerprint density at radius 1 is 1.13 bits per heavy atom. The van der Waals surface area contributed by atoms with Crippen LogP contribution in [0.15, 0.2) is 42.7 Å². The minimum atomic E-state index is -0.441. The van der Waals surface area contributed by atoms with Crippen LogP contribution in [0.25, 0.3) is 0 Å². The average Bonchev–Trinajstić information content (AvgIpc) is 3.05.